The molecule has 7 heteroatoms. The van der Waals surface area contributed by atoms with Gasteiger partial charge in [0.1, 0.15) is 10.7 Å². The molecule has 1 aromatic rings. The SMILES string of the molecule is C=C(C)CN(CC)S(=O)(=O)c1cc(C(=O)O)oc1C. The van der Waals surface area contributed by atoms with Crippen LogP contribution in [0.2, 0.25) is 0 Å². The van der Waals surface area contributed by atoms with E-state index in [0.29, 0.717) is 5.57 Å². The quantitative estimate of drug-likeness (QED) is 0.807. The van der Waals surface area contributed by atoms with Gasteiger partial charge in [0, 0.05) is 19.2 Å². The molecule has 6 nitrogen and oxygen atoms in total. The fraction of sp³-hybridized carbons (Fsp3) is 0.417. The maximum absolute atomic E-state index is 12.4. The Kier molecular flexibility index (Phi) is 4.54. The van der Waals surface area contributed by atoms with E-state index in [1.165, 1.54) is 11.2 Å². The number of carboxylic acid groups (broad SMARTS) is 1. The van der Waals surface area contributed by atoms with Gasteiger partial charge in [0.2, 0.25) is 15.8 Å². The van der Waals surface area contributed by atoms with E-state index in [2.05, 4.69) is 6.58 Å². The number of hydrogen-bond donors (Lipinski definition) is 1. The summed E-state index contributed by atoms with van der Waals surface area (Å²) in [6.45, 7) is 8.99. The van der Waals surface area contributed by atoms with Crippen molar-refractivity contribution in [3.63, 3.8) is 0 Å². The summed E-state index contributed by atoms with van der Waals surface area (Å²) >= 11 is 0. The van der Waals surface area contributed by atoms with E-state index in [0.717, 1.165) is 6.07 Å². The Hall–Kier alpha value is -1.60. The van der Waals surface area contributed by atoms with Crippen LogP contribution in [0.5, 0.6) is 0 Å². The molecule has 0 saturated heterocycles. The second kappa shape index (κ2) is 5.58. The van der Waals surface area contributed by atoms with E-state index in [1.54, 1.807) is 13.8 Å². The van der Waals surface area contributed by atoms with E-state index in [1.807, 2.05) is 0 Å². The summed E-state index contributed by atoms with van der Waals surface area (Å²) in [7, 11) is -3.77. The van der Waals surface area contributed by atoms with Gasteiger partial charge in [0.05, 0.1) is 0 Å². The number of carboxylic acids is 1. The van der Waals surface area contributed by atoms with Crippen molar-refractivity contribution >= 4 is 16.0 Å². The summed E-state index contributed by atoms with van der Waals surface area (Å²) in [6, 6.07) is 1.04. The number of aryl methyl sites for hydroxylation is 1. The minimum atomic E-state index is -3.77. The first-order valence-corrected chi connectivity index (χ1v) is 7.12. The highest BCUT2D eigenvalue weighted by Crippen LogP contribution is 2.24. The first kappa shape index (κ1) is 15.5. The lowest BCUT2D eigenvalue weighted by Crippen LogP contribution is -2.32. The van der Waals surface area contributed by atoms with Crippen molar-refractivity contribution in [1.82, 2.24) is 4.31 Å². The molecule has 0 spiro atoms. The normalized spacial score (nSPS) is 11.8. The Morgan fingerprint density at radius 2 is 2.11 bits per heavy atom. The van der Waals surface area contributed by atoms with Crippen molar-refractivity contribution in [2.45, 2.75) is 25.7 Å². The lowest BCUT2D eigenvalue weighted by Gasteiger charge is -2.19. The van der Waals surface area contributed by atoms with Gasteiger partial charge in [0.25, 0.3) is 0 Å². The minimum absolute atomic E-state index is 0.0672. The second-order valence-electron chi connectivity index (χ2n) is 4.22. The molecule has 0 aliphatic rings. The van der Waals surface area contributed by atoms with Crippen LogP contribution in [0.25, 0.3) is 0 Å². The molecular formula is C12H17NO5S. The molecule has 0 unspecified atom stereocenters. The molecule has 0 bridgehead atoms. The van der Waals surface area contributed by atoms with Gasteiger partial charge in [-0.3, -0.25) is 0 Å². The summed E-state index contributed by atoms with van der Waals surface area (Å²) in [5, 5.41) is 8.81. The zero-order valence-corrected chi connectivity index (χ0v) is 12.0. The highest BCUT2D eigenvalue weighted by Gasteiger charge is 2.29. The zero-order chi connectivity index (χ0) is 14.8. The van der Waals surface area contributed by atoms with Crippen LogP contribution in [-0.4, -0.2) is 36.9 Å². The van der Waals surface area contributed by atoms with Crippen LogP contribution in [0, 0.1) is 6.92 Å². The topological polar surface area (TPSA) is 87.8 Å². The molecule has 0 radical (unpaired) electrons. The van der Waals surface area contributed by atoms with Crippen LogP contribution in [-0.2, 0) is 10.0 Å². The van der Waals surface area contributed by atoms with Gasteiger partial charge in [-0.2, -0.15) is 4.31 Å². The Bertz CT molecular complexity index is 600. The average molecular weight is 287 g/mol. The first-order valence-electron chi connectivity index (χ1n) is 5.68. The summed E-state index contributed by atoms with van der Waals surface area (Å²) in [5.41, 5.74) is 0.699. The Morgan fingerprint density at radius 3 is 2.47 bits per heavy atom. The molecule has 1 heterocycles. The lowest BCUT2D eigenvalue weighted by atomic mass is 10.3. The van der Waals surface area contributed by atoms with Crippen LogP contribution in [0.3, 0.4) is 0 Å². The predicted octanol–water partition coefficient (Wildman–Crippen LogP) is 1.87. The Morgan fingerprint density at radius 1 is 1.53 bits per heavy atom. The van der Waals surface area contributed by atoms with Crippen molar-refractivity contribution in [3.05, 3.63) is 29.7 Å². The van der Waals surface area contributed by atoms with E-state index >= 15 is 0 Å². The third-order valence-corrected chi connectivity index (χ3v) is 4.53. The van der Waals surface area contributed by atoms with Crippen molar-refractivity contribution in [1.29, 1.82) is 0 Å². The molecule has 1 rings (SSSR count). The molecule has 0 aromatic carbocycles. The van der Waals surface area contributed by atoms with Gasteiger partial charge in [0.15, 0.2) is 0 Å². The smallest absolute Gasteiger partial charge is 0.371 e. The van der Waals surface area contributed by atoms with Crippen LogP contribution in [0.4, 0.5) is 0 Å². The molecule has 0 aliphatic heterocycles. The molecule has 106 valence electrons. The van der Waals surface area contributed by atoms with Crippen LogP contribution in [0.1, 0.15) is 30.2 Å². The number of carbonyl (C=O) groups is 1. The molecule has 0 saturated carbocycles. The zero-order valence-electron chi connectivity index (χ0n) is 11.1. The second-order valence-corrected chi connectivity index (χ2v) is 6.13. The fourth-order valence-corrected chi connectivity index (χ4v) is 3.30. The largest absolute Gasteiger partial charge is 0.475 e. The maximum Gasteiger partial charge on any atom is 0.371 e. The molecule has 0 atom stereocenters. The van der Waals surface area contributed by atoms with E-state index in [-0.39, 0.29) is 29.5 Å². The highest BCUT2D eigenvalue weighted by molar-refractivity contribution is 7.89. The molecule has 0 aliphatic carbocycles. The number of furan rings is 1. The van der Waals surface area contributed by atoms with Gasteiger partial charge in [-0.1, -0.05) is 19.1 Å². The van der Waals surface area contributed by atoms with Crippen molar-refractivity contribution in [2.24, 2.45) is 0 Å². The Labute approximate surface area is 112 Å². The van der Waals surface area contributed by atoms with Crippen molar-refractivity contribution in [3.8, 4) is 0 Å². The molecular weight excluding hydrogens is 270 g/mol. The predicted molar refractivity (Wildman–Crippen MR) is 69.7 cm³/mol. The van der Waals surface area contributed by atoms with E-state index in [9.17, 15) is 13.2 Å². The number of sulfonamides is 1. The van der Waals surface area contributed by atoms with Crippen LogP contribution >= 0.6 is 0 Å². The van der Waals surface area contributed by atoms with Crippen LogP contribution in [0.15, 0.2) is 27.5 Å². The van der Waals surface area contributed by atoms with E-state index < -0.39 is 16.0 Å². The number of hydrogen-bond acceptors (Lipinski definition) is 4. The lowest BCUT2D eigenvalue weighted by molar-refractivity contribution is 0.0661. The number of likely N-dealkylation sites (N-methyl/N-ethyl adjacent to an activating group) is 1. The monoisotopic (exact) mass is 287 g/mol. The van der Waals surface area contributed by atoms with E-state index in [4.69, 9.17) is 9.52 Å². The molecule has 0 amide bonds. The molecule has 1 N–H and O–H groups in total. The first-order chi connectivity index (χ1) is 8.70. The Balaban J connectivity index is 3.25. The molecule has 1 aromatic heterocycles. The van der Waals surface area contributed by atoms with Gasteiger partial charge >= 0.3 is 5.97 Å². The number of aromatic carboxylic acids is 1. The third kappa shape index (κ3) is 3.24. The number of nitrogens with zero attached hydrogens (tertiary/aromatic N) is 1. The molecule has 0 fully saturated rings. The average Bonchev–Trinajstić information content (AvgIpc) is 2.68. The van der Waals surface area contributed by atoms with Gasteiger partial charge in [-0.05, 0) is 13.8 Å². The van der Waals surface area contributed by atoms with Crippen molar-refractivity contribution in [2.75, 3.05) is 13.1 Å². The highest BCUT2D eigenvalue weighted by atomic mass is 32.2. The summed E-state index contributed by atoms with van der Waals surface area (Å²) in [4.78, 5) is 10.7. The standard InChI is InChI=1S/C12H17NO5S/c1-5-13(7-8(2)3)19(16,17)11-6-10(12(14)15)18-9(11)4/h6H,2,5,7H2,1,3-4H3,(H,14,15). The van der Waals surface area contributed by atoms with Gasteiger partial charge < -0.3 is 9.52 Å². The number of rotatable bonds is 6. The van der Waals surface area contributed by atoms with Gasteiger partial charge in [-0.15, -0.1) is 0 Å². The summed E-state index contributed by atoms with van der Waals surface area (Å²) in [6.07, 6.45) is 0. The molecule has 19 heavy (non-hydrogen) atoms. The van der Waals surface area contributed by atoms with Crippen LogP contribution < -0.4 is 0 Å². The maximum atomic E-state index is 12.4. The third-order valence-electron chi connectivity index (χ3n) is 2.50. The minimum Gasteiger partial charge on any atom is -0.475 e. The summed E-state index contributed by atoms with van der Waals surface area (Å²) in [5.74, 6) is -1.62. The van der Waals surface area contributed by atoms with Crippen molar-refractivity contribution < 1.29 is 22.7 Å². The van der Waals surface area contributed by atoms with Gasteiger partial charge in [-0.25, -0.2) is 13.2 Å². The summed E-state index contributed by atoms with van der Waals surface area (Å²) < 4.78 is 30.9. The fourth-order valence-electron chi connectivity index (χ4n) is 1.63.